The summed E-state index contributed by atoms with van der Waals surface area (Å²) in [5, 5.41) is 5.78. The zero-order valence-electron chi connectivity index (χ0n) is 14.4. The number of rotatable bonds is 5. The molecule has 3 aliphatic rings. The second-order valence-corrected chi connectivity index (χ2v) is 7.27. The number of esters is 1. The lowest BCUT2D eigenvalue weighted by Gasteiger charge is -2.27. The Hall–Kier alpha value is -2.26. The van der Waals surface area contributed by atoms with Gasteiger partial charge in [-0.3, -0.25) is 9.79 Å². The molecule has 0 saturated carbocycles. The van der Waals surface area contributed by atoms with E-state index in [0.717, 1.165) is 16.5 Å². The van der Waals surface area contributed by atoms with Gasteiger partial charge >= 0.3 is 5.97 Å². The van der Waals surface area contributed by atoms with Crippen LogP contribution in [0.4, 0.5) is 0 Å². The third kappa shape index (κ3) is 3.12. The summed E-state index contributed by atoms with van der Waals surface area (Å²) < 4.78 is 10.3. The van der Waals surface area contributed by atoms with E-state index in [-0.39, 0.29) is 30.4 Å². The summed E-state index contributed by atoms with van der Waals surface area (Å²) >= 11 is 1.50. The Bertz CT molecular complexity index is 770. The van der Waals surface area contributed by atoms with Gasteiger partial charge in [-0.05, 0) is 6.92 Å². The molecule has 26 heavy (non-hydrogen) atoms. The maximum absolute atomic E-state index is 12.3. The van der Waals surface area contributed by atoms with Gasteiger partial charge in [-0.25, -0.2) is 9.78 Å². The zero-order valence-corrected chi connectivity index (χ0v) is 15.3. The number of fused-ring (bicyclic) bond motifs is 1. The van der Waals surface area contributed by atoms with Crippen molar-refractivity contribution in [2.24, 2.45) is 10.9 Å². The Morgan fingerprint density at radius 3 is 2.96 bits per heavy atom. The minimum absolute atomic E-state index is 0.00659. The van der Waals surface area contributed by atoms with Gasteiger partial charge in [0.1, 0.15) is 0 Å². The number of aromatic nitrogens is 1. The van der Waals surface area contributed by atoms with Crippen LogP contribution in [0.25, 0.3) is 0 Å². The fourth-order valence-electron chi connectivity index (χ4n) is 3.29. The van der Waals surface area contributed by atoms with Crippen molar-refractivity contribution in [2.75, 3.05) is 32.9 Å². The molecule has 9 heteroatoms. The van der Waals surface area contributed by atoms with Gasteiger partial charge in [-0.1, -0.05) is 0 Å². The summed E-state index contributed by atoms with van der Waals surface area (Å²) in [5.74, 6) is 0.353. The highest BCUT2D eigenvalue weighted by Crippen LogP contribution is 2.32. The van der Waals surface area contributed by atoms with E-state index in [1.54, 1.807) is 13.1 Å². The van der Waals surface area contributed by atoms with Crippen LogP contribution < -0.4 is 5.32 Å². The molecule has 1 aromatic rings. The number of nitrogens with zero attached hydrogens (tertiary/aromatic N) is 3. The second kappa shape index (κ2) is 7.16. The van der Waals surface area contributed by atoms with Gasteiger partial charge in [0.2, 0.25) is 5.91 Å². The molecule has 1 N–H and O–H groups in total. The van der Waals surface area contributed by atoms with Gasteiger partial charge in [0.15, 0.2) is 10.8 Å². The summed E-state index contributed by atoms with van der Waals surface area (Å²) in [5.41, 5.74) is 1.44. The summed E-state index contributed by atoms with van der Waals surface area (Å²) in [4.78, 5) is 35.5. The molecule has 4 rings (SSSR count). The molecule has 0 bridgehead atoms. The van der Waals surface area contributed by atoms with Gasteiger partial charge in [0, 0.05) is 30.2 Å². The van der Waals surface area contributed by atoms with Crippen LogP contribution in [0.5, 0.6) is 0 Å². The lowest BCUT2D eigenvalue weighted by Crippen LogP contribution is -2.47. The van der Waals surface area contributed by atoms with Crippen molar-refractivity contribution in [3.05, 3.63) is 27.9 Å². The molecule has 0 aliphatic carbocycles. The second-order valence-electron chi connectivity index (χ2n) is 6.38. The average molecular weight is 376 g/mol. The molecular formula is C17H20N4O4S. The van der Waals surface area contributed by atoms with Gasteiger partial charge in [-0.2, -0.15) is 0 Å². The Balaban J connectivity index is 1.57. The van der Waals surface area contributed by atoms with Crippen molar-refractivity contribution in [3.63, 3.8) is 0 Å². The normalized spacial score (nSPS) is 22.6. The van der Waals surface area contributed by atoms with Crippen molar-refractivity contribution in [1.29, 1.82) is 0 Å². The lowest BCUT2D eigenvalue weighted by molar-refractivity contribution is -0.140. The Kier molecular flexibility index (Phi) is 4.73. The number of nitrogens with one attached hydrogen (secondary N) is 1. The fourth-order valence-corrected chi connectivity index (χ4v) is 3.94. The number of aliphatic imine (C=N–C) groups is 1. The zero-order chi connectivity index (χ0) is 18.1. The summed E-state index contributed by atoms with van der Waals surface area (Å²) in [6, 6.07) is -0.0780. The highest BCUT2D eigenvalue weighted by Gasteiger charge is 2.39. The van der Waals surface area contributed by atoms with Crippen molar-refractivity contribution in [2.45, 2.75) is 19.4 Å². The van der Waals surface area contributed by atoms with E-state index in [9.17, 15) is 9.59 Å². The molecule has 1 atom stereocenters. The van der Waals surface area contributed by atoms with Crippen LogP contribution in [0.3, 0.4) is 0 Å². The Morgan fingerprint density at radius 1 is 1.46 bits per heavy atom. The number of thiazole rings is 1. The molecule has 0 spiro atoms. The lowest BCUT2D eigenvalue weighted by atomic mass is 10.1. The van der Waals surface area contributed by atoms with Gasteiger partial charge in [-0.15, -0.1) is 11.3 Å². The summed E-state index contributed by atoms with van der Waals surface area (Å²) in [7, 11) is 0. The van der Waals surface area contributed by atoms with Gasteiger partial charge < -0.3 is 19.7 Å². The maximum Gasteiger partial charge on any atom is 0.337 e. The van der Waals surface area contributed by atoms with Gasteiger partial charge in [0.25, 0.3) is 0 Å². The first kappa shape index (κ1) is 17.2. The van der Waals surface area contributed by atoms with Crippen molar-refractivity contribution < 1.29 is 19.1 Å². The molecule has 138 valence electrons. The molecule has 1 unspecified atom stereocenters. The van der Waals surface area contributed by atoms with Crippen LogP contribution in [-0.4, -0.2) is 66.5 Å². The first-order chi connectivity index (χ1) is 12.7. The highest BCUT2D eigenvalue weighted by molar-refractivity contribution is 7.11. The summed E-state index contributed by atoms with van der Waals surface area (Å²) in [6.45, 7) is 3.90. The summed E-state index contributed by atoms with van der Waals surface area (Å²) in [6.07, 6.45) is 2.32. The molecule has 0 aromatic carbocycles. The van der Waals surface area contributed by atoms with E-state index < -0.39 is 0 Å². The van der Waals surface area contributed by atoms with E-state index in [4.69, 9.17) is 9.47 Å². The molecule has 8 nitrogen and oxygen atoms in total. The van der Waals surface area contributed by atoms with Crippen LogP contribution in [0.15, 0.2) is 27.8 Å². The highest BCUT2D eigenvalue weighted by atomic mass is 32.1. The third-order valence-electron chi connectivity index (χ3n) is 4.66. The van der Waals surface area contributed by atoms with E-state index in [1.807, 2.05) is 10.3 Å². The standard InChI is InChI=1S/C17H20N4O4S/c1-2-25-17(23)12-6-19-14(16-18-3-4-26-16)21-7-11(5-13(12)21)20-15(22)10-8-24-9-10/h3-4,10-11H,2,5-9H2,1H3,(H,20,22). The average Bonchev–Trinajstić information content (AvgIpc) is 3.21. The molecule has 2 saturated heterocycles. The minimum Gasteiger partial charge on any atom is -0.463 e. The van der Waals surface area contributed by atoms with Crippen molar-refractivity contribution >= 4 is 29.0 Å². The fraction of sp³-hybridized carbons (Fsp3) is 0.529. The maximum atomic E-state index is 12.3. The predicted octanol–water partition coefficient (Wildman–Crippen LogP) is 0.557. The van der Waals surface area contributed by atoms with Crippen molar-refractivity contribution in [3.8, 4) is 0 Å². The van der Waals surface area contributed by atoms with E-state index in [2.05, 4.69) is 15.3 Å². The number of carbonyl (C=O) groups excluding carboxylic acids is 2. The van der Waals surface area contributed by atoms with Crippen molar-refractivity contribution in [1.82, 2.24) is 15.2 Å². The number of hydrogen-bond acceptors (Lipinski definition) is 8. The number of carbonyl (C=O) groups is 2. The monoisotopic (exact) mass is 376 g/mol. The first-order valence-corrected chi connectivity index (χ1v) is 9.54. The number of ether oxygens (including phenoxy) is 2. The predicted molar refractivity (Wildman–Crippen MR) is 94.7 cm³/mol. The smallest absolute Gasteiger partial charge is 0.337 e. The van der Waals surface area contributed by atoms with Crippen LogP contribution in [-0.2, 0) is 19.1 Å². The quantitative estimate of drug-likeness (QED) is 0.755. The molecule has 4 heterocycles. The molecule has 1 aromatic heterocycles. The SMILES string of the molecule is CCOC(=O)C1=C2CC(NC(=O)C3COC3)CN2C(c2nccs2)=NC1. The molecular weight excluding hydrogens is 356 g/mol. The van der Waals surface area contributed by atoms with Crippen LogP contribution >= 0.6 is 11.3 Å². The number of amides is 1. The van der Waals surface area contributed by atoms with Crippen LogP contribution in [0.2, 0.25) is 0 Å². The largest absolute Gasteiger partial charge is 0.463 e. The minimum atomic E-state index is -0.339. The molecule has 1 amide bonds. The van der Waals surface area contributed by atoms with Crippen LogP contribution in [0, 0.1) is 5.92 Å². The topological polar surface area (TPSA) is 93.1 Å². The molecule has 2 fully saturated rings. The first-order valence-electron chi connectivity index (χ1n) is 8.66. The number of hydrogen-bond donors (Lipinski definition) is 1. The third-order valence-corrected chi connectivity index (χ3v) is 5.43. The van der Waals surface area contributed by atoms with Crippen LogP contribution in [0.1, 0.15) is 18.4 Å². The van der Waals surface area contributed by atoms with E-state index in [0.29, 0.717) is 38.4 Å². The van der Waals surface area contributed by atoms with E-state index >= 15 is 0 Å². The van der Waals surface area contributed by atoms with E-state index in [1.165, 1.54) is 11.3 Å². The molecule has 0 radical (unpaired) electrons. The number of amidine groups is 1. The van der Waals surface area contributed by atoms with Gasteiger partial charge in [0.05, 0.1) is 43.9 Å². The Labute approximate surface area is 154 Å². The molecule has 3 aliphatic heterocycles. The Morgan fingerprint density at radius 2 is 2.31 bits per heavy atom.